The molecule has 0 atom stereocenters. The molecular formula is C7H6BNOS. The SMILES string of the molecule is Bc1ccc(-c2cnco2)s1. The number of rotatable bonds is 1. The summed E-state index contributed by atoms with van der Waals surface area (Å²) in [5.41, 5.74) is 0. The van der Waals surface area contributed by atoms with Crippen LogP contribution in [-0.2, 0) is 0 Å². The van der Waals surface area contributed by atoms with E-state index in [2.05, 4.69) is 18.9 Å². The van der Waals surface area contributed by atoms with E-state index in [1.54, 1.807) is 17.5 Å². The van der Waals surface area contributed by atoms with Gasteiger partial charge in [0.25, 0.3) is 0 Å². The van der Waals surface area contributed by atoms with Crippen LogP contribution in [0.2, 0.25) is 0 Å². The van der Waals surface area contributed by atoms with Crippen LogP contribution < -0.4 is 4.78 Å². The molecule has 2 rings (SSSR count). The summed E-state index contributed by atoms with van der Waals surface area (Å²) in [6.07, 6.45) is 3.18. The number of nitrogens with zero attached hydrogens (tertiary/aromatic N) is 1. The van der Waals surface area contributed by atoms with Crippen LogP contribution in [0.25, 0.3) is 10.6 Å². The molecule has 0 aromatic carbocycles. The maximum atomic E-state index is 5.13. The molecule has 0 N–H and O–H groups in total. The molecule has 2 nitrogen and oxygen atoms in total. The lowest BCUT2D eigenvalue weighted by Crippen LogP contribution is -1.88. The van der Waals surface area contributed by atoms with E-state index in [0.717, 1.165) is 10.6 Å². The molecule has 0 saturated carbocycles. The standard InChI is InChI=1S/C7H6BNOS/c8-7-2-1-6(11-7)5-3-9-4-10-5/h1-4H,8H2. The van der Waals surface area contributed by atoms with E-state index in [1.165, 1.54) is 11.2 Å². The Morgan fingerprint density at radius 2 is 2.36 bits per heavy atom. The predicted octanol–water partition coefficient (Wildman–Crippen LogP) is 0.661. The minimum Gasteiger partial charge on any atom is -0.443 e. The van der Waals surface area contributed by atoms with E-state index < -0.39 is 0 Å². The number of thiophene rings is 1. The summed E-state index contributed by atoms with van der Waals surface area (Å²) in [6, 6.07) is 4.11. The molecule has 0 fully saturated rings. The first-order chi connectivity index (χ1) is 5.36. The van der Waals surface area contributed by atoms with Gasteiger partial charge in [-0.3, -0.25) is 0 Å². The molecule has 54 valence electrons. The first-order valence-corrected chi connectivity index (χ1v) is 4.13. The van der Waals surface area contributed by atoms with Crippen molar-refractivity contribution in [1.29, 1.82) is 0 Å². The van der Waals surface area contributed by atoms with Crippen LogP contribution in [-0.4, -0.2) is 12.8 Å². The van der Waals surface area contributed by atoms with Crippen molar-refractivity contribution in [2.24, 2.45) is 0 Å². The second-order valence-electron chi connectivity index (χ2n) is 2.28. The van der Waals surface area contributed by atoms with Crippen molar-refractivity contribution in [3.63, 3.8) is 0 Å². The smallest absolute Gasteiger partial charge is 0.181 e. The summed E-state index contributed by atoms with van der Waals surface area (Å²) >= 11 is 1.71. The lowest BCUT2D eigenvalue weighted by atomic mass is 10.1. The summed E-state index contributed by atoms with van der Waals surface area (Å²) in [7, 11) is 2.07. The average molecular weight is 163 g/mol. The summed E-state index contributed by atoms with van der Waals surface area (Å²) in [4.78, 5) is 4.99. The Kier molecular flexibility index (Phi) is 1.54. The van der Waals surface area contributed by atoms with Crippen LogP contribution in [0, 0.1) is 0 Å². The first kappa shape index (κ1) is 6.67. The lowest BCUT2D eigenvalue weighted by Gasteiger charge is -1.84. The molecule has 0 radical (unpaired) electrons. The van der Waals surface area contributed by atoms with E-state index >= 15 is 0 Å². The van der Waals surface area contributed by atoms with Gasteiger partial charge in [0, 0.05) is 0 Å². The van der Waals surface area contributed by atoms with Crippen molar-refractivity contribution < 1.29 is 4.42 Å². The normalized spacial score (nSPS) is 10.2. The van der Waals surface area contributed by atoms with Gasteiger partial charge in [0.1, 0.15) is 0 Å². The van der Waals surface area contributed by atoms with Gasteiger partial charge in [-0.15, -0.1) is 11.3 Å². The average Bonchev–Trinajstić information content (AvgIpc) is 2.55. The molecule has 0 bridgehead atoms. The third-order valence-corrected chi connectivity index (χ3v) is 2.43. The molecule has 0 aliphatic carbocycles. The van der Waals surface area contributed by atoms with Crippen LogP contribution in [0.4, 0.5) is 0 Å². The fourth-order valence-corrected chi connectivity index (χ4v) is 1.72. The number of hydrogen-bond donors (Lipinski definition) is 0. The van der Waals surface area contributed by atoms with Gasteiger partial charge in [-0.1, -0.05) is 6.07 Å². The van der Waals surface area contributed by atoms with Gasteiger partial charge in [-0.2, -0.15) is 0 Å². The second kappa shape index (κ2) is 2.55. The highest BCUT2D eigenvalue weighted by Gasteiger charge is 2.02. The molecule has 0 saturated heterocycles. The van der Waals surface area contributed by atoms with Crippen molar-refractivity contribution in [2.45, 2.75) is 0 Å². The Hall–Kier alpha value is -1.03. The Bertz CT molecular complexity index is 341. The molecule has 0 unspecified atom stereocenters. The van der Waals surface area contributed by atoms with E-state index in [-0.39, 0.29) is 0 Å². The summed E-state index contributed by atoms with van der Waals surface area (Å²) in [5, 5.41) is 0. The molecule has 0 amide bonds. The molecule has 0 aliphatic rings. The quantitative estimate of drug-likeness (QED) is 0.577. The van der Waals surface area contributed by atoms with E-state index in [4.69, 9.17) is 4.42 Å². The van der Waals surface area contributed by atoms with Gasteiger partial charge in [0.05, 0.1) is 11.1 Å². The van der Waals surface area contributed by atoms with E-state index in [0.29, 0.717) is 0 Å². The monoisotopic (exact) mass is 163 g/mol. The van der Waals surface area contributed by atoms with Gasteiger partial charge in [-0.05, 0) is 10.8 Å². The highest BCUT2D eigenvalue weighted by molar-refractivity contribution is 7.22. The topological polar surface area (TPSA) is 26.0 Å². The zero-order valence-corrected chi connectivity index (χ0v) is 6.89. The van der Waals surface area contributed by atoms with E-state index in [1.807, 2.05) is 6.07 Å². The van der Waals surface area contributed by atoms with Gasteiger partial charge in [0.15, 0.2) is 20.0 Å². The van der Waals surface area contributed by atoms with Crippen molar-refractivity contribution in [2.75, 3.05) is 0 Å². The lowest BCUT2D eigenvalue weighted by molar-refractivity contribution is 0.573. The zero-order chi connectivity index (χ0) is 7.68. The van der Waals surface area contributed by atoms with Crippen molar-refractivity contribution in [3.8, 4) is 10.6 Å². The number of oxazole rings is 1. The van der Waals surface area contributed by atoms with Gasteiger partial charge < -0.3 is 4.42 Å². The van der Waals surface area contributed by atoms with Crippen molar-refractivity contribution in [3.05, 3.63) is 24.7 Å². The van der Waals surface area contributed by atoms with Gasteiger partial charge in [-0.25, -0.2) is 4.98 Å². The van der Waals surface area contributed by atoms with Crippen LogP contribution in [0.5, 0.6) is 0 Å². The van der Waals surface area contributed by atoms with Crippen LogP contribution in [0.3, 0.4) is 0 Å². The van der Waals surface area contributed by atoms with Crippen LogP contribution in [0.1, 0.15) is 0 Å². The van der Waals surface area contributed by atoms with Crippen LogP contribution in [0.15, 0.2) is 29.1 Å². The molecule has 0 aliphatic heterocycles. The minimum absolute atomic E-state index is 0.850. The van der Waals surface area contributed by atoms with Gasteiger partial charge >= 0.3 is 0 Å². The van der Waals surface area contributed by atoms with E-state index in [9.17, 15) is 0 Å². The third kappa shape index (κ3) is 1.21. The molecular weight excluding hydrogens is 157 g/mol. The van der Waals surface area contributed by atoms with Crippen LogP contribution >= 0.6 is 11.3 Å². The molecule has 2 heterocycles. The Labute approximate surface area is 69.3 Å². The molecule has 2 aromatic heterocycles. The third-order valence-electron chi connectivity index (χ3n) is 1.42. The molecule has 2 aromatic rings. The zero-order valence-electron chi connectivity index (χ0n) is 6.07. The summed E-state index contributed by atoms with van der Waals surface area (Å²) < 4.78 is 6.42. The fraction of sp³-hybridized carbons (Fsp3) is 0. The van der Waals surface area contributed by atoms with Gasteiger partial charge in [0.2, 0.25) is 0 Å². The minimum atomic E-state index is 0.850. The molecule has 0 spiro atoms. The highest BCUT2D eigenvalue weighted by Crippen LogP contribution is 2.21. The Morgan fingerprint density at radius 1 is 1.45 bits per heavy atom. The largest absolute Gasteiger partial charge is 0.443 e. The number of hydrogen-bond acceptors (Lipinski definition) is 3. The summed E-state index contributed by atoms with van der Waals surface area (Å²) in [5.74, 6) is 0.850. The van der Waals surface area contributed by atoms with Crippen molar-refractivity contribution >= 4 is 24.0 Å². The number of aromatic nitrogens is 1. The maximum absolute atomic E-state index is 5.13. The fourth-order valence-electron chi connectivity index (χ4n) is 0.904. The summed E-state index contributed by atoms with van der Waals surface area (Å²) in [6.45, 7) is 0. The predicted molar refractivity (Wildman–Crippen MR) is 48.0 cm³/mol. The molecule has 11 heavy (non-hydrogen) atoms. The molecule has 4 heteroatoms. The second-order valence-corrected chi connectivity index (χ2v) is 3.56. The first-order valence-electron chi connectivity index (χ1n) is 3.31. The Balaban J connectivity index is 2.45. The van der Waals surface area contributed by atoms with Crippen molar-refractivity contribution in [1.82, 2.24) is 4.98 Å². The Morgan fingerprint density at radius 3 is 2.91 bits per heavy atom. The highest BCUT2D eigenvalue weighted by atomic mass is 32.1. The maximum Gasteiger partial charge on any atom is 0.181 e.